The summed E-state index contributed by atoms with van der Waals surface area (Å²) in [5.74, 6) is 0.00565. The minimum absolute atomic E-state index is 0.00565. The van der Waals surface area contributed by atoms with E-state index in [2.05, 4.69) is 53.4 Å². The molecule has 0 radical (unpaired) electrons. The standard InChI is InChI=1S/C19H35NO2/c1-13-9-8-10-14-11-12-15(20(13)14)16(21)22-17(18(2,3)4)19(5,6)7/h13-15,17H,8-12H2,1-7H3/t13-,14?,15-/m0/s1. The fourth-order valence-corrected chi connectivity index (χ4v) is 4.75. The van der Waals surface area contributed by atoms with Gasteiger partial charge in [0.25, 0.3) is 0 Å². The molecule has 0 amide bonds. The van der Waals surface area contributed by atoms with E-state index in [0.717, 1.165) is 12.8 Å². The van der Waals surface area contributed by atoms with Crippen molar-refractivity contribution < 1.29 is 9.53 Å². The molecule has 2 aliphatic heterocycles. The van der Waals surface area contributed by atoms with Gasteiger partial charge in [-0.3, -0.25) is 9.69 Å². The van der Waals surface area contributed by atoms with Gasteiger partial charge in [0.05, 0.1) is 0 Å². The normalized spacial score (nSPS) is 30.5. The van der Waals surface area contributed by atoms with E-state index in [1.165, 1.54) is 19.3 Å². The molecule has 1 unspecified atom stereocenters. The van der Waals surface area contributed by atoms with Crippen LogP contribution in [-0.4, -0.2) is 35.1 Å². The van der Waals surface area contributed by atoms with Gasteiger partial charge in [-0.15, -0.1) is 0 Å². The second kappa shape index (κ2) is 6.14. The molecular weight excluding hydrogens is 274 g/mol. The van der Waals surface area contributed by atoms with Crippen molar-refractivity contribution in [3.8, 4) is 0 Å². The molecule has 0 aromatic rings. The number of fused-ring (bicyclic) bond motifs is 1. The Morgan fingerprint density at radius 3 is 2.14 bits per heavy atom. The number of carbonyl (C=O) groups is 1. The first-order valence-corrected chi connectivity index (χ1v) is 8.99. The third-order valence-corrected chi connectivity index (χ3v) is 5.30. The monoisotopic (exact) mass is 309 g/mol. The lowest BCUT2D eigenvalue weighted by Crippen LogP contribution is -2.51. The van der Waals surface area contributed by atoms with Gasteiger partial charge in [0.1, 0.15) is 12.1 Å². The molecule has 0 saturated carbocycles. The first-order chi connectivity index (χ1) is 10.0. The van der Waals surface area contributed by atoms with Crippen LogP contribution in [0.25, 0.3) is 0 Å². The number of ether oxygens (including phenoxy) is 1. The minimum Gasteiger partial charge on any atom is -0.460 e. The average molecular weight is 309 g/mol. The van der Waals surface area contributed by atoms with Crippen LogP contribution in [0.3, 0.4) is 0 Å². The maximum Gasteiger partial charge on any atom is 0.323 e. The van der Waals surface area contributed by atoms with Crippen LogP contribution in [0.4, 0.5) is 0 Å². The largest absolute Gasteiger partial charge is 0.460 e. The highest BCUT2D eigenvalue weighted by Crippen LogP contribution is 2.39. The van der Waals surface area contributed by atoms with Crippen molar-refractivity contribution in [2.24, 2.45) is 10.8 Å². The number of carbonyl (C=O) groups excluding carboxylic acids is 1. The van der Waals surface area contributed by atoms with Gasteiger partial charge < -0.3 is 4.74 Å². The summed E-state index contributed by atoms with van der Waals surface area (Å²) in [5.41, 5.74) is -0.0845. The van der Waals surface area contributed by atoms with Crippen molar-refractivity contribution in [2.75, 3.05) is 0 Å². The second-order valence-corrected chi connectivity index (χ2v) is 9.52. The summed E-state index contributed by atoms with van der Waals surface area (Å²) in [6.45, 7) is 15.2. The maximum atomic E-state index is 12.9. The quantitative estimate of drug-likeness (QED) is 0.708. The van der Waals surface area contributed by atoms with E-state index in [4.69, 9.17) is 4.74 Å². The van der Waals surface area contributed by atoms with Crippen molar-refractivity contribution in [3.05, 3.63) is 0 Å². The van der Waals surface area contributed by atoms with Crippen molar-refractivity contribution in [2.45, 2.75) is 105 Å². The van der Waals surface area contributed by atoms with Crippen molar-refractivity contribution >= 4 is 5.97 Å². The number of piperidine rings is 1. The first kappa shape index (κ1) is 17.8. The smallest absolute Gasteiger partial charge is 0.323 e. The third kappa shape index (κ3) is 3.67. The summed E-state index contributed by atoms with van der Waals surface area (Å²) in [7, 11) is 0. The topological polar surface area (TPSA) is 29.5 Å². The Morgan fingerprint density at radius 2 is 1.59 bits per heavy atom. The molecule has 2 fully saturated rings. The Balaban J connectivity index is 2.11. The predicted octanol–water partition coefficient (Wildman–Crippen LogP) is 4.40. The van der Waals surface area contributed by atoms with Gasteiger partial charge in [-0.25, -0.2) is 0 Å². The van der Waals surface area contributed by atoms with Crippen LogP contribution >= 0.6 is 0 Å². The highest BCUT2D eigenvalue weighted by molar-refractivity contribution is 5.76. The van der Waals surface area contributed by atoms with E-state index in [9.17, 15) is 4.79 Å². The summed E-state index contributed by atoms with van der Waals surface area (Å²) in [6, 6.07) is 1.10. The van der Waals surface area contributed by atoms with Crippen LogP contribution in [0.1, 0.15) is 80.6 Å². The third-order valence-electron chi connectivity index (χ3n) is 5.30. The molecular formula is C19H35NO2. The molecule has 3 atom stereocenters. The Kier molecular flexibility index (Phi) is 4.97. The van der Waals surface area contributed by atoms with Gasteiger partial charge in [0.15, 0.2) is 0 Å². The van der Waals surface area contributed by atoms with Crippen molar-refractivity contribution in [3.63, 3.8) is 0 Å². The Hall–Kier alpha value is -0.570. The predicted molar refractivity (Wildman–Crippen MR) is 90.8 cm³/mol. The summed E-state index contributed by atoms with van der Waals surface area (Å²) in [4.78, 5) is 15.3. The van der Waals surface area contributed by atoms with E-state index in [1.807, 2.05) is 0 Å². The molecule has 2 heterocycles. The maximum absolute atomic E-state index is 12.9. The van der Waals surface area contributed by atoms with Gasteiger partial charge in [-0.2, -0.15) is 0 Å². The van der Waals surface area contributed by atoms with E-state index in [1.54, 1.807) is 0 Å². The summed E-state index contributed by atoms with van der Waals surface area (Å²) >= 11 is 0. The fourth-order valence-electron chi connectivity index (χ4n) is 4.75. The lowest BCUT2D eigenvalue weighted by Gasteiger charge is -2.42. The molecule has 22 heavy (non-hydrogen) atoms. The fraction of sp³-hybridized carbons (Fsp3) is 0.947. The zero-order chi connectivity index (χ0) is 16.7. The van der Waals surface area contributed by atoms with Gasteiger partial charge in [-0.1, -0.05) is 48.0 Å². The van der Waals surface area contributed by atoms with Crippen LogP contribution in [0.5, 0.6) is 0 Å². The van der Waals surface area contributed by atoms with E-state index < -0.39 is 0 Å². The molecule has 0 aromatic heterocycles. The molecule has 0 bridgehead atoms. The van der Waals surface area contributed by atoms with Crippen LogP contribution < -0.4 is 0 Å². The molecule has 3 nitrogen and oxygen atoms in total. The number of rotatable bonds is 2. The molecule has 0 aliphatic carbocycles. The molecule has 128 valence electrons. The van der Waals surface area contributed by atoms with Gasteiger partial charge >= 0.3 is 5.97 Å². The zero-order valence-electron chi connectivity index (χ0n) is 15.6. The molecule has 0 spiro atoms. The van der Waals surface area contributed by atoms with Crippen LogP contribution in [-0.2, 0) is 9.53 Å². The second-order valence-electron chi connectivity index (χ2n) is 9.52. The average Bonchev–Trinajstić information content (AvgIpc) is 2.78. The molecule has 0 aromatic carbocycles. The van der Waals surface area contributed by atoms with Gasteiger partial charge in [0.2, 0.25) is 0 Å². The highest BCUT2D eigenvalue weighted by Gasteiger charge is 2.45. The lowest BCUT2D eigenvalue weighted by molar-refractivity contribution is -0.171. The molecule has 0 N–H and O–H groups in total. The van der Waals surface area contributed by atoms with Crippen LogP contribution in [0, 0.1) is 10.8 Å². The number of hydrogen-bond donors (Lipinski definition) is 0. The number of esters is 1. The van der Waals surface area contributed by atoms with Crippen molar-refractivity contribution in [1.82, 2.24) is 4.90 Å². The summed E-state index contributed by atoms with van der Waals surface area (Å²) in [6.07, 6.45) is 5.82. The van der Waals surface area contributed by atoms with Crippen LogP contribution in [0.15, 0.2) is 0 Å². The Bertz CT molecular complexity index is 391. The minimum atomic E-state index is -0.0633. The molecule has 2 saturated heterocycles. The first-order valence-electron chi connectivity index (χ1n) is 8.99. The van der Waals surface area contributed by atoms with Crippen LogP contribution in [0.2, 0.25) is 0 Å². The van der Waals surface area contributed by atoms with E-state index in [-0.39, 0.29) is 28.9 Å². The zero-order valence-corrected chi connectivity index (χ0v) is 15.6. The van der Waals surface area contributed by atoms with Crippen molar-refractivity contribution in [1.29, 1.82) is 0 Å². The lowest BCUT2D eigenvalue weighted by atomic mass is 9.74. The Morgan fingerprint density at radius 1 is 1.00 bits per heavy atom. The SMILES string of the molecule is C[C@H]1CCCC2CC[C@@H](C(=O)OC(C(C)(C)C)C(C)(C)C)N21. The molecule has 2 rings (SSSR count). The van der Waals surface area contributed by atoms with Gasteiger partial charge in [-0.05, 0) is 43.4 Å². The summed E-state index contributed by atoms with van der Waals surface area (Å²) in [5, 5.41) is 0. The van der Waals surface area contributed by atoms with Gasteiger partial charge in [0, 0.05) is 12.1 Å². The van der Waals surface area contributed by atoms with E-state index >= 15 is 0 Å². The number of nitrogens with zero attached hydrogens (tertiary/aromatic N) is 1. The molecule has 2 aliphatic rings. The number of hydrogen-bond acceptors (Lipinski definition) is 3. The van der Waals surface area contributed by atoms with E-state index in [0.29, 0.717) is 12.1 Å². The summed E-state index contributed by atoms with van der Waals surface area (Å²) < 4.78 is 6.08. The molecule has 3 heteroatoms. The highest BCUT2D eigenvalue weighted by atomic mass is 16.5. The Labute approximate surface area is 136 Å².